The second-order valence-electron chi connectivity index (χ2n) is 12.7. The van der Waals surface area contributed by atoms with Gasteiger partial charge in [-0.2, -0.15) is 0 Å². The van der Waals surface area contributed by atoms with E-state index >= 15 is 0 Å². The first-order valence-electron chi connectivity index (χ1n) is 13.0. The van der Waals surface area contributed by atoms with Gasteiger partial charge in [0.1, 0.15) is 0 Å². The van der Waals surface area contributed by atoms with Crippen LogP contribution in [0.25, 0.3) is 0 Å². The summed E-state index contributed by atoms with van der Waals surface area (Å²) in [6.07, 6.45) is 17.1. The van der Waals surface area contributed by atoms with E-state index in [2.05, 4.69) is 53.7 Å². The average Bonchev–Trinajstić information content (AvgIpc) is 3.03. The SMILES string of the molecule is CC(C)[C@@H](C)C=C[C@H](C)[C@H]1CC[C@H]2[C@@H]3CC[C@@H]4C[C@@H](O)CC[C@]4(C)[C@@H]3CC[C@@]12C. The van der Waals surface area contributed by atoms with Gasteiger partial charge in [0.25, 0.3) is 0 Å². The average molecular weight is 401 g/mol. The predicted octanol–water partition coefficient (Wildman–Crippen LogP) is 7.49. The smallest absolute Gasteiger partial charge is 0.0543 e. The summed E-state index contributed by atoms with van der Waals surface area (Å²) in [6.45, 7) is 14.9. The van der Waals surface area contributed by atoms with E-state index in [4.69, 9.17) is 0 Å². The van der Waals surface area contributed by atoms with Crippen molar-refractivity contribution in [3.8, 4) is 0 Å². The van der Waals surface area contributed by atoms with E-state index in [9.17, 15) is 5.11 Å². The molecule has 10 atom stereocenters. The fraction of sp³-hybridized carbons (Fsp3) is 0.929. The first-order chi connectivity index (χ1) is 13.7. The highest BCUT2D eigenvalue weighted by atomic mass is 16.3. The number of aliphatic hydroxyl groups is 1. The highest BCUT2D eigenvalue weighted by Gasteiger charge is 2.60. The highest BCUT2D eigenvalue weighted by molar-refractivity contribution is 5.11. The van der Waals surface area contributed by atoms with Crippen molar-refractivity contribution in [1.29, 1.82) is 0 Å². The van der Waals surface area contributed by atoms with E-state index in [-0.39, 0.29) is 6.10 Å². The molecule has 0 amide bonds. The van der Waals surface area contributed by atoms with E-state index in [0.29, 0.717) is 16.7 Å². The molecule has 1 N–H and O–H groups in total. The van der Waals surface area contributed by atoms with Crippen molar-refractivity contribution in [1.82, 2.24) is 0 Å². The molecule has 0 heterocycles. The van der Waals surface area contributed by atoms with E-state index in [1.54, 1.807) is 0 Å². The molecule has 29 heavy (non-hydrogen) atoms. The molecule has 0 unspecified atom stereocenters. The van der Waals surface area contributed by atoms with E-state index < -0.39 is 0 Å². The van der Waals surface area contributed by atoms with Crippen LogP contribution in [-0.2, 0) is 0 Å². The molecule has 4 fully saturated rings. The van der Waals surface area contributed by atoms with Gasteiger partial charge in [0, 0.05) is 0 Å². The molecule has 4 aliphatic carbocycles. The van der Waals surface area contributed by atoms with E-state index in [0.717, 1.165) is 54.3 Å². The Bertz CT molecular complexity index is 607. The van der Waals surface area contributed by atoms with Crippen molar-refractivity contribution in [2.75, 3.05) is 0 Å². The van der Waals surface area contributed by atoms with Gasteiger partial charge < -0.3 is 5.11 Å². The summed E-state index contributed by atoms with van der Waals surface area (Å²) < 4.78 is 0. The number of rotatable bonds is 4. The summed E-state index contributed by atoms with van der Waals surface area (Å²) in [5.41, 5.74) is 1.07. The molecule has 0 saturated heterocycles. The lowest BCUT2D eigenvalue weighted by Crippen LogP contribution is -2.54. The first-order valence-corrected chi connectivity index (χ1v) is 13.0. The number of hydrogen-bond acceptors (Lipinski definition) is 1. The Kier molecular flexibility index (Phi) is 6.04. The topological polar surface area (TPSA) is 20.2 Å². The van der Waals surface area contributed by atoms with E-state index in [1.807, 2.05) is 0 Å². The summed E-state index contributed by atoms with van der Waals surface area (Å²) in [7, 11) is 0. The molecule has 1 nitrogen and oxygen atoms in total. The van der Waals surface area contributed by atoms with Gasteiger partial charge >= 0.3 is 0 Å². The predicted molar refractivity (Wildman–Crippen MR) is 124 cm³/mol. The Hall–Kier alpha value is -0.300. The third-order valence-electron chi connectivity index (χ3n) is 11.1. The standard InChI is InChI=1S/C28H48O/c1-18(2)19(3)7-8-20(4)24-11-12-25-23-10-9-21-17-22(29)13-15-27(21,5)26(23)14-16-28(24,25)6/h7-8,18-26,29H,9-17H2,1-6H3/t19-,20-,21+,22-,23-,24+,25-,26+,27-,28-/m0/s1. The van der Waals surface area contributed by atoms with Gasteiger partial charge in [-0.15, -0.1) is 0 Å². The van der Waals surface area contributed by atoms with Crippen LogP contribution in [0, 0.1) is 58.2 Å². The van der Waals surface area contributed by atoms with Gasteiger partial charge in [-0.3, -0.25) is 0 Å². The van der Waals surface area contributed by atoms with Gasteiger partial charge in [-0.1, -0.05) is 53.7 Å². The molecular weight excluding hydrogens is 352 g/mol. The van der Waals surface area contributed by atoms with Crippen LogP contribution in [0.1, 0.15) is 99.3 Å². The van der Waals surface area contributed by atoms with Crippen molar-refractivity contribution < 1.29 is 5.11 Å². The minimum Gasteiger partial charge on any atom is -0.393 e. The number of hydrogen-bond donors (Lipinski definition) is 1. The molecule has 0 aromatic carbocycles. The second kappa shape index (κ2) is 7.99. The molecule has 1 heteroatoms. The van der Waals surface area contributed by atoms with Gasteiger partial charge in [0.05, 0.1) is 6.10 Å². The molecule has 0 aromatic heterocycles. The van der Waals surface area contributed by atoms with Crippen LogP contribution in [0.4, 0.5) is 0 Å². The van der Waals surface area contributed by atoms with Crippen molar-refractivity contribution in [3.63, 3.8) is 0 Å². The van der Waals surface area contributed by atoms with Crippen molar-refractivity contribution in [2.24, 2.45) is 58.2 Å². The number of fused-ring (bicyclic) bond motifs is 5. The molecule has 0 spiro atoms. The largest absolute Gasteiger partial charge is 0.393 e. The zero-order chi connectivity index (χ0) is 21.0. The normalized spacial score (nSPS) is 49.5. The lowest BCUT2D eigenvalue weighted by Gasteiger charge is -2.61. The fourth-order valence-electron chi connectivity index (χ4n) is 8.85. The zero-order valence-electron chi connectivity index (χ0n) is 20.2. The maximum atomic E-state index is 10.3. The van der Waals surface area contributed by atoms with Crippen LogP contribution in [0.5, 0.6) is 0 Å². The van der Waals surface area contributed by atoms with Gasteiger partial charge in [0.2, 0.25) is 0 Å². The van der Waals surface area contributed by atoms with Crippen LogP contribution in [0.3, 0.4) is 0 Å². The monoisotopic (exact) mass is 400 g/mol. The maximum absolute atomic E-state index is 10.3. The Labute approximate surface area is 181 Å². The fourth-order valence-corrected chi connectivity index (χ4v) is 8.85. The number of allylic oxidation sites excluding steroid dienone is 2. The Morgan fingerprint density at radius 2 is 1.48 bits per heavy atom. The molecule has 4 saturated carbocycles. The summed E-state index contributed by atoms with van der Waals surface area (Å²) in [4.78, 5) is 0. The highest BCUT2D eigenvalue weighted by Crippen LogP contribution is 2.68. The van der Waals surface area contributed by atoms with Crippen LogP contribution in [0.15, 0.2) is 12.2 Å². The summed E-state index contributed by atoms with van der Waals surface area (Å²) in [5, 5.41) is 10.3. The summed E-state index contributed by atoms with van der Waals surface area (Å²) in [5.74, 6) is 6.66. The molecular formula is C28H48O. The van der Waals surface area contributed by atoms with Crippen LogP contribution < -0.4 is 0 Å². The van der Waals surface area contributed by atoms with Crippen LogP contribution in [-0.4, -0.2) is 11.2 Å². The van der Waals surface area contributed by atoms with Crippen LogP contribution >= 0.6 is 0 Å². The van der Waals surface area contributed by atoms with Crippen molar-refractivity contribution in [3.05, 3.63) is 12.2 Å². The molecule has 0 aliphatic heterocycles. The lowest BCUT2D eigenvalue weighted by molar-refractivity contribution is -0.128. The molecule has 4 aliphatic rings. The van der Waals surface area contributed by atoms with E-state index in [1.165, 1.54) is 44.9 Å². The molecule has 4 rings (SSSR count). The molecule has 0 radical (unpaired) electrons. The Balaban J connectivity index is 1.50. The summed E-state index contributed by atoms with van der Waals surface area (Å²) >= 11 is 0. The number of aliphatic hydroxyl groups excluding tert-OH is 1. The minimum atomic E-state index is -0.0183. The second-order valence-corrected chi connectivity index (χ2v) is 12.7. The molecule has 0 bridgehead atoms. The lowest BCUT2D eigenvalue weighted by atomic mass is 9.44. The van der Waals surface area contributed by atoms with Gasteiger partial charge in [0.15, 0.2) is 0 Å². The maximum Gasteiger partial charge on any atom is 0.0543 e. The summed E-state index contributed by atoms with van der Waals surface area (Å²) in [6, 6.07) is 0. The first kappa shape index (κ1) is 21.9. The third-order valence-corrected chi connectivity index (χ3v) is 11.1. The van der Waals surface area contributed by atoms with Crippen molar-refractivity contribution >= 4 is 0 Å². The Morgan fingerprint density at radius 1 is 0.793 bits per heavy atom. The van der Waals surface area contributed by atoms with Crippen molar-refractivity contribution in [2.45, 2.75) is 105 Å². The van der Waals surface area contributed by atoms with Crippen LogP contribution in [0.2, 0.25) is 0 Å². The Morgan fingerprint density at radius 3 is 2.21 bits per heavy atom. The zero-order valence-corrected chi connectivity index (χ0v) is 20.2. The molecule has 0 aromatic rings. The third kappa shape index (κ3) is 3.66. The van der Waals surface area contributed by atoms with Gasteiger partial charge in [-0.05, 0) is 116 Å². The minimum absolute atomic E-state index is 0.0183. The van der Waals surface area contributed by atoms with Gasteiger partial charge in [-0.25, -0.2) is 0 Å². The molecule has 166 valence electrons. The quantitative estimate of drug-likeness (QED) is 0.485.